The molecule has 0 bridgehead atoms. The molecule has 0 saturated carbocycles. The molecule has 16 nitrogen and oxygen atoms in total. The number of methoxy groups -OCH3 is 4. The van der Waals surface area contributed by atoms with Crippen LogP contribution in [-0.2, 0) is 41.6 Å². The molecule has 16 heteroatoms. The number of ether oxygens (including phenoxy) is 7. The lowest BCUT2D eigenvalue weighted by atomic mass is 10.1. The van der Waals surface area contributed by atoms with E-state index in [0.29, 0.717) is 0 Å². The minimum Gasteiger partial charge on any atom is -0.496 e. The number of alkyl carbamates (subject to hydrolysis) is 1. The molecule has 0 heterocycles. The van der Waals surface area contributed by atoms with E-state index in [1.54, 1.807) is 36.4 Å². The number of carboxylic acids is 1. The first-order chi connectivity index (χ1) is 27.4. The fourth-order valence-corrected chi connectivity index (χ4v) is 4.92. The molecule has 0 aliphatic carbocycles. The van der Waals surface area contributed by atoms with Crippen molar-refractivity contribution in [2.24, 2.45) is 0 Å². The molecule has 0 aliphatic heterocycles. The lowest BCUT2D eigenvalue weighted by Gasteiger charge is -2.20. The van der Waals surface area contributed by atoms with Crippen molar-refractivity contribution in [2.75, 3.05) is 41.7 Å². The number of esters is 2. The molecule has 57 heavy (non-hydrogen) atoms. The molecule has 0 aromatic heterocycles. The zero-order valence-electron chi connectivity index (χ0n) is 32.0. The normalized spacial score (nSPS) is 11.2. The summed E-state index contributed by atoms with van der Waals surface area (Å²) in [4.78, 5) is 72.3. The number of amides is 2. The Morgan fingerprint density at radius 2 is 0.982 bits per heavy atom. The number of carbonyl (C=O) groups excluding carboxylic acids is 5. The van der Waals surface area contributed by atoms with Crippen molar-refractivity contribution in [1.29, 1.82) is 0 Å². The fraction of sp³-hybridized carbons (Fsp3) is 0.268. The molecule has 3 N–H and O–H groups in total. The molecule has 0 fully saturated rings. The molecule has 2 atom stereocenters. The van der Waals surface area contributed by atoms with E-state index in [1.807, 2.05) is 60.7 Å². The minimum absolute atomic E-state index is 0.0473. The molecule has 0 spiro atoms. The Bertz CT molecular complexity index is 1850. The number of carboxylic acid groups (broad SMARTS) is 1. The SMILES string of the molecule is COc1cccc(OC)c1C(=O)OCC(=O)COC(=O)c1c(OC)cccc1OC.C[C@H](NC(=O)[C@H](Cc1ccccc1)NC(=O)OCc1ccccc1)C(=O)O. The third-order valence-corrected chi connectivity index (χ3v) is 7.83. The highest BCUT2D eigenvalue weighted by Crippen LogP contribution is 2.30. The quantitative estimate of drug-likeness (QED) is 0.0942. The molecule has 302 valence electrons. The second kappa shape index (κ2) is 23.0. The van der Waals surface area contributed by atoms with Crippen molar-refractivity contribution in [3.8, 4) is 23.0 Å². The average molecular weight is 789 g/mol. The zero-order chi connectivity index (χ0) is 41.7. The number of Topliss-reactive ketones (excluding diaryl/α,β-unsaturated/α-hetero) is 1. The Labute approximate surface area is 328 Å². The van der Waals surface area contributed by atoms with Crippen molar-refractivity contribution in [1.82, 2.24) is 10.6 Å². The summed E-state index contributed by atoms with van der Waals surface area (Å²) >= 11 is 0. The Morgan fingerprint density at radius 3 is 1.39 bits per heavy atom. The maximum absolute atomic E-state index is 12.4. The number of rotatable bonds is 18. The van der Waals surface area contributed by atoms with Crippen LogP contribution in [0.3, 0.4) is 0 Å². The maximum Gasteiger partial charge on any atom is 0.408 e. The van der Waals surface area contributed by atoms with Gasteiger partial charge in [0.05, 0.1) is 28.4 Å². The lowest BCUT2D eigenvalue weighted by Crippen LogP contribution is -2.51. The van der Waals surface area contributed by atoms with Gasteiger partial charge < -0.3 is 48.9 Å². The van der Waals surface area contributed by atoms with Crippen LogP contribution in [0, 0.1) is 0 Å². The van der Waals surface area contributed by atoms with Gasteiger partial charge >= 0.3 is 24.0 Å². The van der Waals surface area contributed by atoms with E-state index in [4.69, 9.17) is 38.3 Å². The Hall–Kier alpha value is -7.10. The number of hydrogen-bond acceptors (Lipinski definition) is 13. The van der Waals surface area contributed by atoms with Crippen molar-refractivity contribution >= 4 is 35.7 Å². The highest BCUT2D eigenvalue weighted by Gasteiger charge is 2.26. The van der Waals surface area contributed by atoms with E-state index >= 15 is 0 Å². The Kier molecular flexibility index (Phi) is 17.8. The summed E-state index contributed by atoms with van der Waals surface area (Å²) in [6.45, 7) is 0.220. The molecule has 0 aliphatic rings. The van der Waals surface area contributed by atoms with Gasteiger partial charge in [0.25, 0.3) is 0 Å². The van der Waals surface area contributed by atoms with Crippen LogP contribution >= 0.6 is 0 Å². The van der Waals surface area contributed by atoms with Gasteiger partial charge in [-0.05, 0) is 42.3 Å². The van der Waals surface area contributed by atoms with Crippen molar-refractivity contribution in [3.05, 3.63) is 119 Å². The second-order valence-corrected chi connectivity index (χ2v) is 11.8. The highest BCUT2D eigenvalue weighted by molar-refractivity contribution is 5.99. The first kappa shape index (κ1) is 44.3. The molecule has 0 unspecified atom stereocenters. The smallest absolute Gasteiger partial charge is 0.408 e. The summed E-state index contributed by atoms with van der Waals surface area (Å²) < 4.78 is 35.7. The number of nitrogens with one attached hydrogen (secondary N) is 2. The standard InChI is InChI=1S/C21H22O9.C20H22N2O5/c1-25-14-7-5-8-15(26-2)18(14)20(23)29-11-13(22)12-30-21(24)19-16(27-3)9-6-10-17(19)28-4;1-14(19(24)25)21-18(23)17(12-15-8-4-2-5-9-15)22-20(26)27-13-16-10-6-3-7-11-16/h5-10H,11-12H2,1-4H3;2-11,14,17H,12-13H2,1H3,(H,21,23)(H,22,26)(H,24,25)/t;14-,17-/m.0/s1. The average Bonchev–Trinajstić information content (AvgIpc) is 3.23. The van der Waals surface area contributed by atoms with Crippen LogP contribution in [0.15, 0.2) is 97.1 Å². The predicted molar refractivity (Wildman–Crippen MR) is 204 cm³/mol. The van der Waals surface area contributed by atoms with E-state index in [2.05, 4.69) is 10.6 Å². The molecule has 2 amide bonds. The van der Waals surface area contributed by atoms with Crippen LogP contribution in [0.1, 0.15) is 38.8 Å². The first-order valence-electron chi connectivity index (χ1n) is 17.2. The molecule has 4 aromatic rings. The topological polar surface area (TPSA) is 211 Å². The largest absolute Gasteiger partial charge is 0.496 e. The summed E-state index contributed by atoms with van der Waals surface area (Å²) in [5.41, 5.74) is 1.73. The molecular weight excluding hydrogens is 744 g/mol. The predicted octanol–water partition coefficient (Wildman–Crippen LogP) is 4.42. The van der Waals surface area contributed by atoms with Gasteiger partial charge in [-0.25, -0.2) is 14.4 Å². The third-order valence-electron chi connectivity index (χ3n) is 7.83. The van der Waals surface area contributed by atoms with E-state index in [9.17, 15) is 28.8 Å². The summed E-state index contributed by atoms with van der Waals surface area (Å²) in [7, 11) is 5.56. The van der Waals surface area contributed by atoms with Gasteiger partial charge in [0.2, 0.25) is 11.7 Å². The summed E-state index contributed by atoms with van der Waals surface area (Å²) in [6, 6.07) is 25.7. The van der Waals surface area contributed by atoms with E-state index in [1.165, 1.54) is 35.4 Å². The van der Waals surface area contributed by atoms with E-state index in [-0.39, 0.29) is 47.2 Å². The number of carbonyl (C=O) groups is 6. The van der Waals surface area contributed by atoms with Gasteiger partial charge in [-0.2, -0.15) is 0 Å². The fourth-order valence-electron chi connectivity index (χ4n) is 4.92. The molecule has 0 radical (unpaired) electrons. The van der Waals surface area contributed by atoms with Crippen LogP contribution < -0.4 is 29.6 Å². The number of hydrogen-bond donors (Lipinski definition) is 3. The highest BCUT2D eigenvalue weighted by atomic mass is 16.6. The van der Waals surface area contributed by atoms with Crippen LogP contribution in [0.2, 0.25) is 0 Å². The van der Waals surface area contributed by atoms with Crippen molar-refractivity contribution in [3.63, 3.8) is 0 Å². The third kappa shape index (κ3) is 13.9. The molecule has 0 saturated heterocycles. The monoisotopic (exact) mass is 788 g/mol. The van der Waals surface area contributed by atoms with Gasteiger partial charge in [0.15, 0.2) is 13.2 Å². The number of benzene rings is 4. The van der Waals surface area contributed by atoms with E-state index in [0.717, 1.165) is 11.1 Å². The summed E-state index contributed by atoms with van der Waals surface area (Å²) in [6.07, 6.45) is -0.544. The second-order valence-electron chi connectivity index (χ2n) is 11.8. The first-order valence-corrected chi connectivity index (χ1v) is 17.2. The molecule has 4 rings (SSSR count). The molecule has 4 aromatic carbocycles. The molecular formula is C41H44N2O14. The minimum atomic E-state index is -1.16. The number of ketones is 1. The summed E-state index contributed by atoms with van der Waals surface area (Å²) in [5.74, 6) is -3.05. The van der Waals surface area contributed by atoms with Crippen LogP contribution in [0.4, 0.5) is 4.79 Å². The van der Waals surface area contributed by atoms with Gasteiger partial charge in [-0.3, -0.25) is 14.4 Å². The number of aliphatic carboxylic acids is 1. The Balaban J connectivity index is 0.000000307. The van der Waals surface area contributed by atoms with Gasteiger partial charge in [-0.1, -0.05) is 72.8 Å². The Morgan fingerprint density at radius 1 is 0.561 bits per heavy atom. The lowest BCUT2D eigenvalue weighted by molar-refractivity contribution is -0.141. The van der Waals surface area contributed by atoms with Crippen LogP contribution in [0.25, 0.3) is 0 Å². The van der Waals surface area contributed by atoms with Crippen molar-refractivity contribution < 1.29 is 67.0 Å². The van der Waals surface area contributed by atoms with E-state index < -0.39 is 61.0 Å². The van der Waals surface area contributed by atoms with Crippen LogP contribution in [0.5, 0.6) is 23.0 Å². The zero-order valence-corrected chi connectivity index (χ0v) is 32.0. The van der Waals surface area contributed by atoms with Crippen LogP contribution in [-0.4, -0.2) is 94.5 Å². The van der Waals surface area contributed by atoms with Gasteiger partial charge in [0.1, 0.15) is 52.8 Å². The summed E-state index contributed by atoms with van der Waals surface area (Å²) in [5, 5.41) is 13.9. The van der Waals surface area contributed by atoms with Gasteiger partial charge in [0, 0.05) is 6.42 Å². The van der Waals surface area contributed by atoms with Gasteiger partial charge in [-0.15, -0.1) is 0 Å². The van der Waals surface area contributed by atoms with Crippen molar-refractivity contribution in [2.45, 2.75) is 32.0 Å². The maximum atomic E-state index is 12.4.